The first kappa shape index (κ1) is 17.1. The van der Waals surface area contributed by atoms with Crippen LogP contribution in [0.15, 0.2) is 18.2 Å². The smallest absolute Gasteiger partial charge is 0.217 e. The Kier molecular flexibility index (Phi) is 4.37. The van der Waals surface area contributed by atoms with E-state index in [0.717, 1.165) is 53.3 Å². The molecule has 2 heterocycles. The number of nitrogens with zero attached hydrogens (tertiary/aromatic N) is 3. The van der Waals surface area contributed by atoms with E-state index < -0.39 is 10.0 Å². The van der Waals surface area contributed by atoms with Crippen molar-refractivity contribution in [2.45, 2.75) is 37.0 Å². The number of fused-ring (bicyclic) bond motifs is 1. The molecule has 1 aliphatic carbocycles. The van der Waals surface area contributed by atoms with Crippen molar-refractivity contribution in [1.29, 1.82) is 0 Å². The van der Waals surface area contributed by atoms with Gasteiger partial charge in [-0.2, -0.15) is 4.31 Å². The standard InChI is InChI=1S/C17H23N3O3S2/c1-19(25(21,22)14-6-7-14)12-4-3-9-20(11-12)17-18-15-8-5-13(23-2)10-16(15)24-17/h5,8,10,12,14H,3-4,6-7,9,11H2,1-2H3. The van der Waals surface area contributed by atoms with Crippen molar-refractivity contribution >= 4 is 36.7 Å². The van der Waals surface area contributed by atoms with Crippen molar-refractivity contribution in [3.8, 4) is 5.75 Å². The molecule has 6 nitrogen and oxygen atoms in total. The SMILES string of the molecule is COc1ccc2nc(N3CCCC(N(C)S(=O)(=O)C4CC4)C3)sc2c1. The molecule has 0 radical (unpaired) electrons. The van der Waals surface area contributed by atoms with Crippen LogP contribution in [-0.2, 0) is 10.0 Å². The number of sulfonamides is 1. The number of thiazole rings is 1. The molecule has 1 aromatic heterocycles. The van der Waals surface area contributed by atoms with E-state index in [1.807, 2.05) is 18.2 Å². The highest BCUT2D eigenvalue weighted by Crippen LogP contribution is 2.35. The highest BCUT2D eigenvalue weighted by Gasteiger charge is 2.41. The van der Waals surface area contributed by atoms with Crippen LogP contribution in [0.1, 0.15) is 25.7 Å². The van der Waals surface area contributed by atoms with Crippen LogP contribution in [0, 0.1) is 0 Å². The predicted molar refractivity (Wildman–Crippen MR) is 101 cm³/mol. The van der Waals surface area contributed by atoms with E-state index in [2.05, 4.69) is 4.90 Å². The van der Waals surface area contributed by atoms with Gasteiger partial charge in [-0.05, 0) is 43.9 Å². The number of anilines is 1. The van der Waals surface area contributed by atoms with Gasteiger partial charge in [-0.3, -0.25) is 0 Å². The summed E-state index contributed by atoms with van der Waals surface area (Å²) in [6.07, 6.45) is 3.51. The zero-order valence-electron chi connectivity index (χ0n) is 14.5. The monoisotopic (exact) mass is 381 g/mol. The van der Waals surface area contributed by atoms with Crippen molar-refractivity contribution < 1.29 is 13.2 Å². The third kappa shape index (κ3) is 3.22. The van der Waals surface area contributed by atoms with Gasteiger partial charge < -0.3 is 9.64 Å². The third-order valence-corrected chi connectivity index (χ3v) is 8.61. The molecule has 2 aromatic rings. The van der Waals surface area contributed by atoms with E-state index in [-0.39, 0.29) is 11.3 Å². The van der Waals surface area contributed by atoms with Gasteiger partial charge in [0, 0.05) is 26.2 Å². The number of rotatable bonds is 5. The molecule has 0 spiro atoms. The number of likely N-dealkylation sites (N-methyl/N-ethyl adjacent to an activating group) is 1. The Hall–Kier alpha value is -1.38. The molecule has 1 saturated carbocycles. The van der Waals surface area contributed by atoms with Crippen molar-refractivity contribution in [3.63, 3.8) is 0 Å². The summed E-state index contributed by atoms with van der Waals surface area (Å²) in [7, 11) is 0.271. The Balaban J connectivity index is 1.54. The fraction of sp³-hybridized carbons (Fsp3) is 0.588. The number of hydrogen-bond donors (Lipinski definition) is 0. The average molecular weight is 382 g/mol. The molecule has 4 rings (SSSR count). The largest absolute Gasteiger partial charge is 0.497 e. The predicted octanol–water partition coefficient (Wildman–Crippen LogP) is 2.70. The summed E-state index contributed by atoms with van der Waals surface area (Å²) in [5, 5.41) is 0.813. The quantitative estimate of drug-likeness (QED) is 0.797. The first-order valence-corrected chi connectivity index (χ1v) is 11.0. The van der Waals surface area contributed by atoms with Crippen molar-refractivity contribution in [2.75, 3.05) is 32.1 Å². The summed E-state index contributed by atoms with van der Waals surface area (Å²) in [4.78, 5) is 6.96. The zero-order chi connectivity index (χ0) is 17.6. The lowest BCUT2D eigenvalue weighted by Crippen LogP contribution is -2.49. The van der Waals surface area contributed by atoms with Gasteiger partial charge in [-0.1, -0.05) is 11.3 Å². The Morgan fingerprint density at radius 3 is 2.84 bits per heavy atom. The van der Waals surface area contributed by atoms with Crippen LogP contribution in [0.3, 0.4) is 0 Å². The average Bonchev–Trinajstić information content (AvgIpc) is 3.41. The van der Waals surface area contributed by atoms with Crippen LogP contribution in [0.2, 0.25) is 0 Å². The molecule has 0 N–H and O–H groups in total. The van der Waals surface area contributed by atoms with Crippen LogP contribution in [0.25, 0.3) is 10.2 Å². The maximum atomic E-state index is 12.5. The molecule has 0 bridgehead atoms. The fourth-order valence-electron chi connectivity index (χ4n) is 3.39. The number of hydrogen-bond acceptors (Lipinski definition) is 6. The fourth-order valence-corrected chi connectivity index (χ4v) is 6.21. The number of piperidine rings is 1. The minimum atomic E-state index is -3.13. The minimum Gasteiger partial charge on any atom is -0.497 e. The van der Waals surface area contributed by atoms with Gasteiger partial charge >= 0.3 is 0 Å². The first-order valence-electron chi connectivity index (χ1n) is 8.65. The van der Waals surface area contributed by atoms with Crippen molar-refractivity contribution in [1.82, 2.24) is 9.29 Å². The molecule has 2 fully saturated rings. The first-order chi connectivity index (χ1) is 12.0. The van der Waals surface area contributed by atoms with Gasteiger partial charge in [-0.15, -0.1) is 0 Å². The number of methoxy groups -OCH3 is 1. The minimum absolute atomic E-state index is 0.0286. The maximum absolute atomic E-state index is 12.5. The van der Waals surface area contributed by atoms with E-state index in [1.165, 1.54) is 0 Å². The highest BCUT2D eigenvalue weighted by atomic mass is 32.2. The number of ether oxygens (including phenoxy) is 1. The highest BCUT2D eigenvalue weighted by molar-refractivity contribution is 7.90. The van der Waals surface area contributed by atoms with E-state index in [4.69, 9.17) is 9.72 Å². The van der Waals surface area contributed by atoms with Gasteiger partial charge in [-0.25, -0.2) is 13.4 Å². The number of benzene rings is 1. The van der Waals surface area contributed by atoms with E-state index in [9.17, 15) is 8.42 Å². The molecule has 1 saturated heterocycles. The van der Waals surface area contributed by atoms with Crippen molar-refractivity contribution in [3.05, 3.63) is 18.2 Å². The second-order valence-corrected chi connectivity index (χ2v) is 10.1. The zero-order valence-corrected chi connectivity index (χ0v) is 16.1. The Morgan fingerprint density at radius 2 is 2.12 bits per heavy atom. The van der Waals surface area contributed by atoms with E-state index in [0.29, 0.717) is 6.54 Å². The third-order valence-electron chi connectivity index (χ3n) is 5.11. The molecule has 8 heteroatoms. The van der Waals surface area contributed by atoms with E-state index >= 15 is 0 Å². The molecule has 25 heavy (non-hydrogen) atoms. The van der Waals surface area contributed by atoms with Crippen LogP contribution in [0.4, 0.5) is 5.13 Å². The van der Waals surface area contributed by atoms with Crippen molar-refractivity contribution in [2.24, 2.45) is 0 Å². The maximum Gasteiger partial charge on any atom is 0.217 e. The van der Waals surface area contributed by atoms with Gasteiger partial charge in [0.1, 0.15) is 5.75 Å². The summed E-state index contributed by atoms with van der Waals surface area (Å²) in [6.45, 7) is 1.63. The van der Waals surface area contributed by atoms with Gasteiger partial charge in [0.2, 0.25) is 10.0 Å². The molecular formula is C17H23N3O3S2. The lowest BCUT2D eigenvalue weighted by atomic mass is 10.1. The molecule has 1 unspecified atom stereocenters. The summed E-state index contributed by atoms with van der Waals surface area (Å²) in [6, 6.07) is 5.92. The van der Waals surface area contributed by atoms with Crippen LogP contribution in [-0.4, -0.2) is 56.2 Å². The second kappa shape index (κ2) is 6.41. The Bertz CT molecular complexity index is 876. The molecule has 1 atom stereocenters. The van der Waals surface area contributed by atoms with Gasteiger partial charge in [0.15, 0.2) is 5.13 Å². The lowest BCUT2D eigenvalue weighted by Gasteiger charge is -2.37. The molecule has 2 aliphatic rings. The topological polar surface area (TPSA) is 62.7 Å². The Morgan fingerprint density at radius 1 is 1.32 bits per heavy atom. The summed E-state index contributed by atoms with van der Waals surface area (Å²) >= 11 is 1.64. The lowest BCUT2D eigenvalue weighted by molar-refractivity contribution is 0.320. The normalized spacial score (nSPS) is 21.9. The molecule has 136 valence electrons. The van der Waals surface area contributed by atoms with Gasteiger partial charge in [0.05, 0.1) is 22.6 Å². The number of aromatic nitrogens is 1. The van der Waals surface area contributed by atoms with Crippen LogP contribution >= 0.6 is 11.3 Å². The van der Waals surface area contributed by atoms with Crippen LogP contribution < -0.4 is 9.64 Å². The Labute approximate surface area is 152 Å². The van der Waals surface area contributed by atoms with E-state index in [1.54, 1.807) is 29.8 Å². The molecule has 1 aliphatic heterocycles. The molecular weight excluding hydrogens is 358 g/mol. The second-order valence-electron chi connectivity index (χ2n) is 6.83. The summed E-state index contributed by atoms with van der Waals surface area (Å²) in [5.74, 6) is 0.828. The van der Waals surface area contributed by atoms with Crippen LogP contribution in [0.5, 0.6) is 5.75 Å². The summed E-state index contributed by atoms with van der Waals surface area (Å²) < 4.78 is 33.0. The van der Waals surface area contributed by atoms with Gasteiger partial charge in [0.25, 0.3) is 0 Å². The molecule has 0 amide bonds. The summed E-state index contributed by atoms with van der Waals surface area (Å²) in [5.41, 5.74) is 0.960. The molecule has 1 aromatic carbocycles.